The third-order valence-electron chi connectivity index (χ3n) is 4.87. The molecule has 5 heteroatoms. The minimum absolute atomic E-state index is 0.336. The van der Waals surface area contributed by atoms with Crippen LogP contribution in [-0.2, 0) is 0 Å². The predicted octanol–water partition coefficient (Wildman–Crippen LogP) is 5.24. The molecule has 0 atom stereocenters. The van der Waals surface area contributed by atoms with Crippen LogP contribution in [0.3, 0.4) is 0 Å². The monoisotopic (exact) mass is 366 g/mol. The number of para-hydroxylation sites is 1. The quantitative estimate of drug-likeness (QED) is 0.688. The number of anilines is 1. The van der Waals surface area contributed by atoms with Gasteiger partial charge in [-0.15, -0.1) is 0 Å². The number of benzene rings is 2. The fourth-order valence-electron chi connectivity index (χ4n) is 3.65. The number of halogens is 1. The molecule has 1 N–H and O–H groups in total. The maximum Gasteiger partial charge on any atom is 0.338 e. The Balaban J connectivity index is 2.04. The van der Waals surface area contributed by atoms with Crippen LogP contribution in [0.1, 0.15) is 29.6 Å². The number of hydrogen-bond donors (Lipinski definition) is 1. The minimum Gasteiger partial charge on any atom is -0.478 e. The lowest BCUT2D eigenvalue weighted by molar-refractivity contribution is 0.0699. The Morgan fingerprint density at radius 1 is 1.00 bits per heavy atom. The molecule has 1 aliphatic heterocycles. The highest BCUT2D eigenvalue weighted by atomic mass is 35.5. The highest BCUT2D eigenvalue weighted by Gasteiger charge is 2.26. The number of aromatic nitrogens is 1. The number of hydrogen-bond acceptors (Lipinski definition) is 3. The van der Waals surface area contributed by atoms with Crippen LogP contribution in [-0.4, -0.2) is 29.1 Å². The van der Waals surface area contributed by atoms with Crippen LogP contribution in [0.4, 0.5) is 5.69 Å². The highest BCUT2D eigenvalue weighted by Crippen LogP contribution is 2.38. The molecule has 4 rings (SSSR count). The molecule has 1 aromatic heterocycles. The summed E-state index contributed by atoms with van der Waals surface area (Å²) in [6.45, 7) is 1.70. The van der Waals surface area contributed by atoms with E-state index in [1.807, 2.05) is 48.5 Å². The number of pyridine rings is 1. The summed E-state index contributed by atoms with van der Waals surface area (Å²) < 4.78 is 0. The van der Waals surface area contributed by atoms with Gasteiger partial charge in [0.25, 0.3) is 0 Å². The smallest absolute Gasteiger partial charge is 0.338 e. The van der Waals surface area contributed by atoms with E-state index in [1.165, 1.54) is 6.42 Å². The summed E-state index contributed by atoms with van der Waals surface area (Å²) in [5.74, 6) is -0.917. The molecule has 2 aromatic carbocycles. The van der Waals surface area contributed by atoms with E-state index in [2.05, 4.69) is 4.90 Å². The molecule has 1 fully saturated rings. The van der Waals surface area contributed by atoms with E-state index in [1.54, 1.807) is 0 Å². The van der Waals surface area contributed by atoms with Crippen molar-refractivity contribution < 1.29 is 9.90 Å². The summed E-state index contributed by atoms with van der Waals surface area (Å²) in [6.07, 6.45) is 3.30. The molecule has 0 bridgehead atoms. The maximum atomic E-state index is 12.2. The van der Waals surface area contributed by atoms with Crippen LogP contribution < -0.4 is 4.90 Å². The third-order valence-corrected chi connectivity index (χ3v) is 5.12. The Morgan fingerprint density at radius 2 is 1.69 bits per heavy atom. The Hall–Kier alpha value is -2.59. The van der Waals surface area contributed by atoms with Crippen molar-refractivity contribution in [3.8, 4) is 11.3 Å². The second-order valence-electron chi connectivity index (χ2n) is 6.56. The van der Waals surface area contributed by atoms with Crippen LogP contribution >= 0.6 is 11.6 Å². The van der Waals surface area contributed by atoms with Crippen LogP contribution in [0.2, 0.25) is 5.02 Å². The van der Waals surface area contributed by atoms with E-state index in [0.717, 1.165) is 37.2 Å². The Kier molecular flexibility index (Phi) is 4.51. The van der Waals surface area contributed by atoms with Crippen molar-refractivity contribution in [2.24, 2.45) is 0 Å². The number of carboxylic acids is 1. The molecule has 26 heavy (non-hydrogen) atoms. The van der Waals surface area contributed by atoms with Crippen molar-refractivity contribution in [1.82, 2.24) is 4.98 Å². The molecule has 4 nitrogen and oxygen atoms in total. The minimum atomic E-state index is -0.917. The number of fused-ring (bicyclic) bond motifs is 1. The van der Waals surface area contributed by atoms with E-state index in [9.17, 15) is 9.90 Å². The van der Waals surface area contributed by atoms with Crippen molar-refractivity contribution in [3.05, 3.63) is 59.1 Å². The Morgan fingerprint density at radius 3 is 2.38 bits per heavy atom. The molecule has 0 amide bonds. The van der Waals surface area contributed by atoms with E-state index in [4.69, 9.17) is 16.6 Å². The normalized spacial score (nSPS) is 14.6. The molecule has 0 radical (unpaired) electrons. The van der Waals surface area contributed by atoms with Gasteiger partial charge in [-0.25, -0.2) is 9.78 Å². The van der Waals surface area contributed by atoms with Crippen LogP contribution in [0.15, 0.2) is 48.5 Å². The van der Waals surface area contributed by atoms with Crippen molar-refractivity contribution in [2.45, 2.75) is 19.3 Å². The topological polar surface area (TPSA) is 53.4 Å². The average Bonchev–Trinajstić information content (AvgIpc) is 2.67. The van der Waals surface area contributed by atoms with Gasteiger partial charge in [0.1, 0.15) is 0 Å². The molecule has 0 saturated carbocycles. The molecule has 0 aliphatic carbocycles. The summed E-state index contributed by atoms with van der Waals surface area (Å²) >= 11 is 6.04. The van der Waals surface area contributed by atoms with Crippen molar-refractivity contribution >= 4 is 34.2 Å². The molecule has 3 aromatic rings. The van der Waals surface area contributed by atoms with E-state index < -0.39 is 5.97 Å². The van der Waals surface area contributed by atoms with Gasteiger partial charge in [-0.1, -0.05) is 41.9 Å². The summed E-state index contributed by atoms with van der Waals surface area (Å²) in [7, 11) is 0. The lowest BCUT2D eigenvalue weighted by Gasteiger charge is -2.32. The van der Waals surface area contributed by atoms with Gasteiger partial charge in [-0.2, -0.15) is 0 Å². The number of aromatic carboxylic acids is 1. The van der Waals surface area contributed by atoms with Gasteiger partial charge < -0.3 is 10.0 Å². The zero-order valence-corrected chi connectivity index (χ0v) is 15.0. The van der Waals surface area contributed by atoms with E-state index in [0.29, 0.717) is 27.2 Å². The number of carboxylic acid groups (broad SMARTS) is 1. The summed E-state index contributed by atoms with van der Waals surface area (Å²) in [4.78, 5) is 19.3. The Bertz CT molecular complexity index is 964. The molecular formula is C21H19ClN2O2. The molecule has 1 saturated heterocycles. The lowest BCUT2D eigenvalue weighted by atomic mass is 9.98. The van der Waals surface area contributed by atoms with Gasteiger partial charge in [-0.05, 0) is 37.5 Å². The number of piperidine rings is 1. The second kappa shape index (κ2) is 6.96. The van der Waals surface area contributed by atoms with Crippen LogP contribution in [0, 0.1) is 0 Å². The SMILES string of the molecule is O=C(O)c1c(N2CCCCC2)c(-c2ccc(Cl)cc2)nc2ccccc12. The largest absolute Gasteiger partial charge is 0.478 e. The van der Waals surface area contributed by atoms with Gasteiger partial charge in [-0.3, -0.25) is 0 Å². The molecule has 132 valence electrons. The lowest BCUT2D eigenvalue weighted by Crippen LogP contribution is -2.31. The number of carbonyl (C=O) groups is 1. The zero-order chi connectivity index (χ0) is 18.1. The predicted molar refractivity (Wildman–Crippen MR) is 105 cm³/mol. The molecule has 0 unspecified atom stereocenters. The standard InChI is InChI=1S/C21H19ClN2O2/c22-15-10-8-14(9-11-15)19-20(24-12-4-1-5-13-24)18(21(25)26)16-6-2-3-7-17(16)23-19/h2-3,6-11H,1,4-5,12-13H2,(H,25,26). The van der Waals surface area contributed by atoms with Gasteiger partial charge in [0.15, 0.2) is 0 Å². The van der Waals surface area contributed by atoms with Gasteiger partial charge in [0.05, 0.1) is 22.5 Å². The molecule has 0 spiro atoms. The summed E-state index contributed by atoms with van der Waals surface area (Å²) in [6, 6.07) is 14.9. The molecular weight excluding hydrogens is 348 g/mol. The number of nitrogens with zero attached hydrogens (tertiary/aromatic N) is 2. The Labute approximate surface area is 157 Å². The zero-order valence-electron chi connectivity index (χ0n) is 14.3. The van der Waals surface area contributed by atoms with E-state index in [-0.39, 0.29) is 0 Å². The van der Waals surface area contributed by atoms with Gasteiger partial charge in [0.2, 0.25) is 0 Å². The number of rotatable bonds is 3. The first-order valence-electron chi connectivity index (χ1n) is 8.82. The average molecular weight is 367 g/mol. The summed E-state index contributed by atoms with van der Waals surface area (Å²) in [5, 5.41) is 11.4. The van der Waals surface area contributed by atoms with Crippen LogP contribution in [0.25, 0.3) is 22.2 Å². The second-order valence-corrected chi connectivity index (χ2v) is 7.00. The fraction of sp³-hybridized carbons (Fsp3) is 0.238. The van der Waals surface area contributed by atoms with Gasteiger partial charge >= 0.3 is 5.97 Å². The van der Waals surface area contributed by atoms with E-state index >= 15 is 0 Å². The summed E-state index contributed by atoms with van der Waals surface area (Å²) in [5.41, 5.74) is 3.33. The maximum absolute atomic E-state index is 12.2. The highest BCUT2D eigenvalue weighted by molar-refractivity contribution is 6.30. The molecule has 2 heterocycles. The molecule has 1 aliphatic rings. The first kappa shape index (κ1) is 16.9. The van der Waals surface area contributed by atoms with Crippen molar-refractivity contribution in [2.75, 3.05) is 18.0 Å². The first-order chi connectivity index (χ1) is 12.6. The first-order valence-corrected chi connectivity index (χ1v) is 9.20. The fourth-order valence-corrected chi connectivity index (χ4v) is 3.78. The van der Waals surface area contributed by atoms with Crippen LogP contribution in [0.5, 0.6) is 0 Å². The third kappa shape index (κ3) is 3.01. The van der Waals surface area contributed by atoms with Gasteiger partial charge in [0, 0.05) is 29.1 Å². The van der Waals surface area contributed by atoms with Crippen molar-refractivity contribution in [3.63, 3.8) is 0 Å². The van der Waals surface area contributed by atoms with Crippen molar-refractivity contribution in [1.29, 1.82) is 0 Å².